The highest BCUT2D eigenvalue weighted by Gasteiger charge is 2.15. The fourth-order valence-electron chi connectivity index (χ4n) is 2.43. The van der Waals surface area contributed by atoms with Gasteiger partial charge < -0.3 is 15.0 Å². The molecule has 0 aromatic heterocycles. The van der Waals surface area contributed by atoms with E-state index in [-0.39, 0.29) is 12.4 Å². The van der Waals surface area contributed by atoms with Crippen molar-refractivity contribution < 1.29 is 4.74 Å². The molecule has 1 unspecified atom stereocenters. The first-order valence-corrected chi connectivity index (χ1v) is 7.02. The molecule has 0 saturated carbocycles. The van der Waals surface area contributed by atoms with Gasteiger partial charge in [0.15, 0.2) is 0 Å². The van der Waals surface area contributed by atoms with Crippen LogP contribution in [0.1, 0.15) is 20.3 Å². The summed E-state index contributed by atoms with van der Waals surface area (Å²) in [7, 11) is 0. The molecule has 1 N–H and O–H groups in total. The number of benzene rings is 1. The van der Waals surface area contributed by atoms with Gasteiger partial charge in [-0.2, -0.15) is 0 Å². The predicted octanol–water partition coefficient (Wildman–Crippen LogP) is 2.94. The van der Waals surface area contributed by atoms with E-state index in [1.54, 1.807) is 0 Å². The van der Waals surface area contributed by atoms with E-state index >= 15 is 0 Å². The van der Waals surface area contributed by atoms with E-state index in [1.807, 2.05) is 0 Å². The summed E-state index contributed by atoms with van der Waals surface area (Å²) in [6.07, 6.45) is 1.23. The number of hydrogen-bond acceptors (Lipinski definition) is 3. The minimum atomic E-state index is 0. The zero-order chi connectivity index (χ0) is 12.8. The molecule has 2 rings (SSSR count). The molecule has 1 atom stereocenters. The normalized spacial score (nSPS) is 17.9. The van der Waals surface area contributed by atoms with Gasteiger partial charge in [-0.05, 0) is 38.9 Å². The largest absolute Gasteiger partial charge is 0.493 e. The van der Waals surface area contributed by atoms with Crippen LogP contribution in [-0.2, 0) is 0 Å². The van der Waals surface area contributed by atoms with Crippen LogP contribution in [0.15, 0.2) is 24.3 Å². The molecule has 1 aliphatic heterocycles. The highest BCUT2D eigenvalue weighted by atomic mass is 35.5. The van der Waals surface area contributed by atoms with Gasteiger partial charge in [0.2, 0.25) is 0 Å². The summed E-state index contributed by atoms with van der Waals surface area (Å²) >= 11 is 0. The number of nitrogens with one attached hydrogen (secondary N) is 1. The molecule has 1 aromatic carbocycles. The summed E-state index contributed by atoms with van der Waals surface area (Å²) in [6.45, 7) is 9.49. The second kappa shape index (κ2) is 8.28. The molecular weight excluding hydrogens is 260 g/mol. The lowest BCUT2D eigenvalue weighted by molar-refractivity contribution is 0.260. The second-order valence-corrected chi connectivity index (χ2v) is 4.84. The first kappa shape index (κ1) is 16.1. The van der Waals surface area contributed by atoms with Crippen LogP contribution in [0.5, 0.6) is 5.75 Å². The molecule has 0 spiro atoms. The third kappa shape index (κ3) is 4.59. The van der Waals surface area contributed by atoms with Crippen LogP contribution in [0, 0.1) is 5.92 Å². The maximum atomic E-state index is 5.90. The van der Waals surface area contributed by atoms with Crippen molar-refractivity contribution in [1.29, 1.82) is 0 Å². The van der Waals surface area contributed by atoms with Gasteiger partial charge in [0.05, 0.1) is 6.61 Å². The van der Waals surface area contributed by atoms with Crippen molar-refractivity contribution in [1.82, 2.24) is 5.32 Å². The van der Waals surface area contributed by atoms with E-state index < -0.39 is 0 Å². The molecule has 19 heavy (non-hydrogen) atoms. The third-order valence-corrected chi connectivity index (χ3v) is 3.59. The highest BCUT2D eigenvalue weighted by molar-refractivity contribution is 5.85. The lowest BCUT2D eigenvalue weighted by Crippen LogP contribution is -2.21. The second-order valence-electron chi connectivity index (χ2n) is 4.84. The van der Waals surface area contributed by atoms with Gasteiger partial charge in [0, 0.05) is 37.3 Å². The Morgan fingerprint density at radius 2 is 2.11 bits per heavy atom. The molecule has 0 aliphatic carbocycles. The van der Waals surface area contributed by atoms with Crippen LogP contribution in [-0.4, -0.2) is 32.8 Å². The van der Waals surface area contributed by atoms with Gasteiger partial charge in [-0.3, -0.25) is 0 Å². The summed E-state index contributed by atoms with van der Waals surface area (Å²) in [4.78, 5) is 2.34. The van der Waals surface area contributed by atoms with Gasteiger partial charge >= 0.3 is 0 Å². The van der Waals surface area contributed by atoms with E-state index in [0.29, 0.717) is 5.92 Å². The lowest BCUT2D eigenvalue weighted by atomic mass is 10.1. The first-order valence-electron chi connectivity index (χ1n) is 7.02. The Labute approximate surface area is 122 Å². The first-order chi connectivity index (χ1) is 8.83. The molecule has 1 aliphatic rings. The monoisotopic (exact) mass is 284 g/mol. The molecule has 0 radical (unpaired) electrons. The maximum absolute atomic E-state index is 5.90. The Bertz CT molecular complexity index is 363. The van der Waals surface area contributed by atoms with Crippen molar-refractivity contribution in [3.8, 4) is 5.75 Å². The zero-order valence-electron chi connectivity index (χ0n) is 11.9. The van der Waals surface area contributed by atoms with Crippen LogP contribution in [0.2, 0.25) is 0 Å². The number of halogens is 1. The van der Waals surface area contributed by atoms with Gasteiger partial charge in [-0.25, -0.2) is 0 Å². The summed E-state index contributed by atoms with van der Waals surface area (Å²) < 4.78 is 5.90. The van der Waals surface area contributed by atoms with Crippen LogP contribution in [0.3, 0.4) is 0 Å². The van der Waals surface area contributed by atoms with Gasteiger partial charge in [-0.1, -0.05) is 6.07 Å². The summed E-state index contributed by atoms with van der Waals surface area (Å²) in [5, 5.41) is 3.37. The van der Waals surface area contributed by atoms with Crippen molar-refractivity contribution in [2.24, 2.45) is 5.92 Å². The van der Waals surface area contributed by atoms with E-state index in [9.17, 15) is 0 Å². The average molecular weight is 285 g/mol. The molecule has 3 nitrogen and oxygen atoms in total. The van der Waals surface area contributed by atoms with Crippen molar-refractivity contribution in [3.05, 3.63) is 24.3 Å². The van der Waals surface area contributed by atoms with Crippen molar-refractivity contribution in [2.45, 2.75) is 20.3 Å². The van der Waals surface area contributed by atoms with Crippen LogP contribution in [0.25, 0.3) is 0 Å². The molecular formula is C15H25ClN2O. The quantitative estimate of drug-likeness (QED) is 0.869. The smallest absolute Gasteiger partial charge is 0.121 e. The minimum absolute atomic E-state index is 0. The molecule has 4 heteroatoms. The Balaban J connectivity index is 0.00000180. The lowest BCUT2D eigenvalue weighted by Gasteiger charge is -2.21. The third-order valence-electron chi connectivity index (χ3n) is 3.59. The van der Waals surface area contributed by atoms with Crippen molar-refractivity contribution in [2.75, 3.05) is 37.7 Å². The van der Waals surface area contributed by atoms with E-state index in [2.05, 4.69) is 48.3 Å². The Morgan fingerprint density at radius 3 is 2.74 bits per heavy atom. The van der Waals surface area contributed by atoms with Gasteiger partial charge in [0.1, 0.15) is 5.75 Å². The topological polar surface area (TPSA) is 24.5 Å². The number of nitrogens with zero attached hydrogens (tertiary/aromatic N) is 1. The van der Waals surface area contributed by atoms with Gasteiger partial charge in [-0.15, -0.1) is 12.4 Å². The summed E-state index contributed by atoms with van der Waals surface area (Å²) in [5.74, 6) is 1.66. The van der Waals surface area contributed by atoms with E-state index in [4.69, 9.17) is 4.74 Å². The Kier molecular flexibility index (Phi) is 7.03. The molecule has 1 fully saturated rings. The molecule has 1 heterocycles. The van der Waals surface area contributed by atoms with Crippen molar-refractivity contribution >= 4 is 18.1 Å². The SMILES string of the molecule is CCN(CC)c1cccc(OCC2CCNC2)c1.Cl. The fraction of sp³-hybridized carbons (Fsp3) is 0.600. The molecule has 0 amide bonds. The summed E-state index contributed by atoms with van der Waals surface area (Å²) in [5.41, 5.74) is 1.25. The summed E-state index contributed by atoms with van der Waals surface area (Å²) in [6, 6.07) is 8.43. The average Bonchev–Trinajstić information content (AvgIpc) is 2.92. The zero-order valence-corrected chi connectivity index (χ0v) is 12.7. The maximum Gasteiger partial charge on any atom is 0.121 e. The number of anilines is 1. The predicted molar refractivity (Wildman–Crippen MR) is 83.7 cm³/mol. The molecule has 1 saturated heterocycles. The van der Waals surface area contributed by atoms with Crippen LogP contribution < -0.4 is 15.0 Å². The highest BCUT2D eigenvalue weighted by Crippen LogP contribution is 2.22. The molecule has 0 bridgehead atoms. The fourth-order valence-corrected chi connectivity index (χ4v) is 2.43. The van der Waals surface area contributed by atoms with Crippen LogP contribution >= 0.6 is 12.4 Å². The Morgan fingerprint density at radius 1 is 1.32 bits per heavy atom. The van der Waals surface area contributed by atoms with Crippen molar-refractivity contribution in [3.63, 3.8) is 0 Å². The van der Waals surface area contributed by atoms with Crippen LogP contribution in [0.4, 0.5) is 5.69 Å². The molecule has 108 valence electrons. The standard InChI is InChI=1S/C15H24N2O.ClH/c1-3-17(4-2)14-6-5-7-15(10-14)18-12-13-8-9-16-11-13;/h5-7,10,13,16H,3-4,8-9,11-12H2,1-2H3;1H. The minimum Gasteiger partial charge on any atom is -0.493 e. The number of rotatable bonds is 6. The Hall–Kier alpha value is -0.930. The molecule has 1 aromatic rings. The van der Waals surface area contributed by atoms with E-state index in [1.165, 1.54) is 12.1 Å². The number of hydrogen-bond donors (Lipinski definition) is 1. The van der Waals surface area contributed by atoms with Gasteiger partial charge in [0.25, 0.3) is 0 Å². The van der Waals surface area contributed by atoms with E-state index in [0.717, 1.165) is 38.5 Å². The number of ether oxygens (including phenoxy) is 1.